The Kier molecular flexibility index (Phi) is 4.34. The molecular weight excluding hydrogens is 285 g/mol. The fraction of sp³-hybridized carbons (Fsp3) is 0.353. The number of rotatable bonds is 4. The summed E-state index contributed by atoms with van der Waals surface area (Å²) in [4.78, 5) is 15.6. The van der Waals surface area contributed by atoms with E-state index in [0.717, 1.165) is 36.2 Å². The van der Waals surface area contributed by atoms with Crippen molar-refractivity contribution >= 4 is 17.2 Å². The van der Waals surface area contributed by atoms with Gasteiger partial charge in [0.1, 0.15) is 5.82 Å². The third-order valence-corrected chi connectivity index (χ3v) is 4.86. The second kappa shape index (κ2) is 6.39. The molecule has 1 atom stereocenters. The van der Waals surface area contributed by atoms with Gasteiger partial charge < -0.3 is 4.90 Å². The van der Waals surface area contributed by atoms with E-state index in [9.17, 15) is 9.18 Å². The van der Waals surface area contributed by atoms with Crippen molar-refractivity contribution in [2.75, 3.05) is 6.54 Å². The molecule has 1 aliphatic rings. The minimum Gasteiger partial charge on any atom is -0.339 e. The molecule has 1 aromatic heterocycles. The highest BCUT2D eigenvalue weighted by Gasteiger charge is 2.28. The zero-order chi connectivity index (χ0) is 14.7. The van der Waals surface area contributed by atoms with Gasteiger partial charge in [-0.1, -0.05) is 18.2 Å². The largest absolute Gasteiger partial charge is 0.339 e. The normalized spacial score (nSPS) is 18.1. The molecule has 2 nitrogen and oxygen atoms in total. The van der Waals surface area contributed by atoms with Crippen molar-refractivity contribution in [3.8, 4) is 0 Å². The highest BCUT2D eigenvalue weighted by molar-refractivity contribution is 7.10. The number of thiophene rings is 1. The van der Waals surface area contributed by atoms with E-state index in [1.165, 1.54) is 12.1 Å². The summed E-state index contributed by atoms with van der Waals surface area (Å²) in [5.41, 5.74) is 1.09. The van der Waals surface area contributed by atoms with Crippen LogP contribution in [0.25, 0.3) is 0 Å². The van der Waals surface area contributed by atoms with Crippen molar-refractivity contribution in [3.63, 3.8) is 0 Å². The summed E-state index contributed by atoms with van der Waals surface area (Å²) in [7, 11) is 0. The van der Waals surface area contributed by atoms with E-state index in [2.05, 4.69) is 0 Å². The minimum atomic E-state index is -0.212. The molecule has 1 aliphatic heterocycles. The molecule has 3 rings (SSSR count). The molecule has 4 heteroatoms. The van der Waals surface area contributed by atoms with Gasteiger partial charge in [-0.2, -0.15) is 0 Å². The van der Waals surface area contributed by atoms with Crippen LogP contribution in [-0.4, -0.2) is 23.4 Å². The molecule has 1 unspecified atom stereocenters. The summed E-state index contributed by atoms with van der Waals surface area (Å²) in [6.07, 6.45) is 3.41. The van der Waals surface area contributed by atoms with Crippen LogP contribution in [0.5, 0.6) is 0 Å². The summed E-state index contributed by atoms with van der Waals surface area (Å²) < 4.78 is 13.0. The van der Waals surface area contributed by atoms with Crippen LogP contribution in [0.2, 0.25) is 0 Å². The van der Waals surface area contributed by atoms with Crippen LogP contribution >= 0.6 is 11.3 Å². The van der Waals surface area contributed by atoms with Gasteiger partial charge in [0.15, 0.2) is 0 Å². The predicted molar refractivity (Wildman–Crippen MR) is 82.9 cm³/mol. The second-order valence-electron chi connectivity index (χ2n) is 5.47. The molecule has 1 fully saturated rings. The Hall–Kier alpha value is -1.68. The maximum Gasteiger partial charge on any atom is 0.228 e. The molecule has 0 N–H and O–H groups in total. The summed E-state index contributed by atoms with van der Waals surface area (Å²) >= 11 is 1.63. The Morgan fingerprint density at radius 1 is 1.29 bits per heavy atom. The van der Waals surface area contributed by atoms with Gasteiger partial charge in [0.2, 0.25) is 5.91 Å². The van der Waals surface area contributed by atoms with E-state index in [0.29, 0.717) is 6.42 Å². The number of hydrogen-bond donors (Lipinski definition) is 0. The number of hydrogen-bond acceptors (Lipinski definition) is 2. The lowest BCUT2D eigenvalue weighted by molar-refractivity contribution is -0.131. The molecule has 0 saturated carbocycles. The van der Waals surface area contributed by atoms with Crippen molar-refractivity contribution in [2.45, 2.75) is 31.7 Å². The molecule has 0 aliphatic carbocycles. The lowest BCUT2D eigenvalue weighted by Crippen LogP contribution is -2.37. The Bertz CT molecular complexity index is 594. The molecule has 2 heterocycles. The first-order chi connectivity index (χ1) is 10.2. The number of amides is 1. The van der Waals surface area contributed by atoms with Crippen molar-refractivity contribution in [1.29, 1.82) is 0 Å². The first-order valence-corrected chi connectivity index (χ1v) is 8.16. The zero-order valence-corrected chi connectivity index (χ0v) is 12.6. The second-order valence-corrected chi connectivity index (χ2v) is 6.50. The van der Waals surface area contributed by atoms with Crippen LogP contribution in [0, 0.1) is 5.82 Å². The summed E-state index contributed by atoms with van der Waals surface area (Å²) in [5.74, 6) is -0.00198. The molecule has 1 aromatic carbocycles. The molecule has 1 amide bonds. The quantitative estimate of drug-likeness (QED) is 0.844. The van der Waals surface area contributed by atoms with Crippen molar-refractivity contribution in [2.24, 2.45) is 0 Å². The fourth-order valence-corrected chi connectivity index (χ4v) is 3.63. The summed E-state index contributed by atoms with van der Waals surface area (Å²) in [5, 5.41) is 2.00. The molecule has 0 spiro atoms. The Morgan fingerprint density at radius 2 is 2.10 bits per heavy atom. The molecule has 0 radical (unpaired) electrons. The van der Waals surface area contributed by atoms with Crippen molar-refractivity contribution < 1.29 is 9.18 Å². The highest BCUT2D eigenvalue weighted by atomic mass is 32.1. The molecule has 110 valence electrons. The lowest BCUT2D eigenvalue weighted by Gasteiger charge is -2.24. The zero-order valence-electron chi connectivity index (χ0n) is 11.8. The summed E-state index contributed by atoms with van der Waals surface area (Å²) in [6.45, 7) is 0.843. The van der Waals surface area contributed by atoms with Crippen LogP contribution in [0.15, 0.2) is 41.8 Å². The Labute approximate surface area is 128 Å². The third-order valence-electron chi connectivity index (χ3n) is 3.99. The van der Waals surface area contributed by atoms with Gasteiger partial charge in [-0.15, -0.1) is 11.3 Å². The van der Waals surface area contributed by atoms with Crippen LogP contribution in [0.4, 0.5) is 4.39 Å². The third kappa shape index (κ3) is 3.50. The molecule has 1 saturated heterocycles. The van der Waals surface area contributed by atoms with Crippen LogP contribution < -0.4 is 0 Å². The highest BCUT2D eigenvalue weighted by Crippen LogP contribution is 2.23. The number of carbonyl (C=O) groups excluding carboxylic acids is 1. The fourth-order valence-electron chi connectivity index (χ4n) is 2.93. The SMILES string of the molecule is O=C(Cc1cccs1)N1CCCC1Cc1ccc(F)cc1. The van der Waals surface area contributed by atoms with Crippen molar-refractivity contribution in [1.82, 2.24) is 4.90 Å². The van der Waals surface area contributed by atoms with E-state index in [4.69, 9.17) is 0 Å². The smallest absolute Gasteiger partial charge is 0.228 e. The number of nitrogens with zero attached hydrogens (tertiary/aromatic N) is 1. The topological polar surface area (TPSA) is 20.3 Å². The maximum atomic E-state index is 13.0. The maximum absolute atomic E-state index is 13.0. The van der Waals surface area contributed by atoms with Crippen LogP contribution in [0.1, 0.15) is 23.3 Å². The van der Waals surface area contributed by atoms with Gasteiger partial charge in [0.05, 0.1) is 6.42 Å². The lowest BCUT2D eigenvalue weighted by atomic mass is 10.0. The van der Waals surface area contributed by atoms with Gasteiger partial charge in [-0.3, -0.25) is 4.79 Å². The van der Waals surface area contributed by atoms with Gasteiger partial charge >= 0.3 is 0 Å². The standard InChI is InChI=1S/C17H18FNOS/c18-14-7-5-13(6-8-14)11-15-3-1-9-19(15)17(20)12-16-4-2-10-21-16/h2,4-8,10,15H,1,3,9,11-12H2. The van der Waals surface area contributed by atoms with E-state index >= 15 is 0 Å². The minimum absolute atomic E-state index is 0.210. The number of likely N-dealkylation sites (tertiary alicyclic amines) is 1. The molecule has 2 aromatic rings. The van der Waals surface area contributed by atoms with E-state index in [-0.39, 0.29) is 17.8 Å². The van der Waals surface area contributed by atoms with Gasteiger partial charge in [0, 0.05) is 17.5 Å². The monoisotopic (exact) mass is 303 g/mol. The Morgan fingerprint density at radius 3 is 2.81 bits per heavy atom. The molecule has 21 heavy (non-hydrogen) atoms. The number of halogens is 1. The number of carbonyl (C=O) groups is 1. The number of benzene rings is 1. The van der Waals surface area contributed by atoms with Crippen LogP contribution in [0.3, 0.4) is 0 Å². The summed E-state index contributed by atoms with van der Waals surface area (Å²) in [6, 6.07) is 10.8. The molecule has 0 bridgehead atoms. The van der Waals surface area contributed by atoms with Gasteiger partial charge in [-0.05, 0) is 48.4 Å². The molecular formula is C17H18FNOS. The Balaban J connectivity index is 1.64. The van der Waals surface area contributed by atoms with E-state index in [1.807, 2.05) is 34.5 Å². The average molecular weight is 303 g/mol. The first kappa shape index (κ1) is 14.3. The average Bonchev–Trinajstić information content (AvgIpc) is 3.13. The van der Waals surface area contributed by atoms with E-state index < -0.39 is 0 Å². The van der Waals surface area contributed by atoms with Gasteiger partial charge in [0.25, 0.3) is 0 Å². The first-order valence-electron chi connectivity index (χ1n) is 7.28. The van der Waals surface area contributed by atoms with Gasteiger partial charge in [-0.25, -0.2) is 4.39 Å². The van der Waals surface area contributed by atoms with Crippen molar-refractivity contribution in [3.05, 3.63) is 58.0 Å². The van der Waals surface area contributed by atoms with E-state index in [1.54, 1.807) is 11.3 Å². The predicted octanol–water partition coefficient (Wildman–Crippen LogP) is 3.66. The van der Waals surface area contributed by atoms with Crippen LogP contribution in [-0.2, 0) is 17.6 Å².